The number of carbonyl (C=O) groups excluding carboxylic acids is 2. The number of benzene rings is 1. The van der Waals surface area contributed by atoms with Gasteiger partial charge in [0, 0.05) is 7.05 Å². The van der Waals surface area contributed by atoms with E-state index < -0.39 is 41.8 Å². The first-order valence-electron chi connectivity index (χ1n) is 7.78. The summed E-state index contributed by atoms with van der Waals surface area (Å²) in [6.45, 7) is 5.40. The summed E-state index contributed by atoms with van der Waals surface area (Å²) in [5.41, 5.74) is -0.499. The fourth-order valence-corrected chi connectivity index (χ4v) is 2.83. The molecule has 0 aliphatic carbocycles. The van der Waals surface area contributed by atoms with E-state index in [4.69, 9.17) is 4.74 Å². The van der Waals surface area contributed by atoms with E-state index in [2.05, 4.69) is 5.32 Å². The Bertz CT molecular complexity index is 641. The minimum Gasteiger partial charge on any atom is -0.447 e. The minimum atomic E-state index is -4.88. The molecule has 1 aliphatic rings. The number of amides is 1. The van der Waals surface area contributed by atoms with Gasteiger partial charge in [0.2, 0.25) is 12.0 Å². The number of hydrogen-bond donors (Lipinski definition) is 1. The number of likely N-dealkylation sites (N-methyl/N-ethyl adjacent to an activating group) is 1. The molecule has 0 unspecified atom stereocenters. The molecule has 8 heteroatoms. The van der Waals surface area contributed by atoms with E-state index in [1.165, 1.54) is 36.2 Å². The second-order valence-electron chi connectivity index (χ2n) is 7.10. The Morgan fingerprint density at radius 1 is 1.20 bits per heavy atom. The first-order chi connectivity index (χ1) is 11.4. The van der Waals surface area contributed by atoms with Crippen molar-refractivity contribution in [2.75, 3.05) is 7.05 Å². The average molecular weight is 358 g/mol. The van der Waals surface area contributed by atoms with Crippen molar-refractivity contribution in [1.82, 2.24) is 10.2 Å². The molecule has 0 bridgehead atoms. The molecule has 0 radical (unpaired) electrons. The maximum absolute atomic E-state index is 13.5. The number of halogens is 3. The highest BCUT2D eigenvalue weighted by molar-refractivity contribution is 5.90. The van der Waals surface area contributed by atoms with Gasteiger partial charge in [-0.15, -0.1) is 0 Å². The SMILES string of the molecule is CN1C(=O)[C@H]([C@H](OC(=O)c2ccccc2)C(F)(F)F)N[C@H]1C(C)(C)C. The number of rotatable bonds is 3. The van der Waals surface area contributed by atoms with Crippen molar-refractivity contribution < 1.29 is 27.5 Å². The van der Waals surface area contributed by atoms with Gasteiger partial charge in [-0.1, -0.05) is 39.0 Å². The Morgan fingerprint density at radius 3 is 2.20 bits per heavy atom. The van der Waals surface area contributed by atoms with Crippen LogP contribution in [0.25, 0.3) is 0 Å². The maximum atomic E-state index is 13.5. The molecule has 1 saturated heterocycles. The summed E-state index contributed by atoms with van der Waals surface area (Å²) in [6, 6.07) is 5.68. The molecule has 5 nitrogen and oxygen atoms in total. The number of carbonyl (C=O) groups is 2. The zero-order valence-corrected chi connectivity index (χ0v) is 14.4. The quantitative estimate of drug-likeness (QED) is 0.844. The molecule has 1 heterocycles. The Morgan fingerprint density at radius 2 is 1.76 bits per heavy atom. The predicted octanol–water partition coefficient (Wildman–Crippen LogP) is 2.58. The van der Waals surface area contributed by atoms with E-state index >= 15 is 0 Å². The van der Waals surface area contributed by atoms with Crippen molar-refractivity contribution in [3.63, 3.8) is 0 Å². The van der Waals surface area contributed by atoms with Crippen molar-refractivity contribution in [3.8, 4) is 0 Å². The lowest BCUT2D eigenvalue weighted by Gasteiger charge is -2.32. The third-order valence-corrected chi connectivity index (χ3v) is 4.03. The van der Waals surface area contributed by atoms with E-state index in [0.29, 0.717) is 0 Å². The van der Waals surface area contributed by atoms with Crippen molar-refractivity contribution in [1.29, 1.82) is 0 Å². The Hall–Kier alpha value is -2.09. The fraction of sp³-hybridized carbons (Fsp3) is 0.529. The van der Waals surface area contributed by atoms with E-state index in [1.54, 1.807) is 26.8 Å². The molecule has 25 heavy (non-hydrogen) atoms. The topological polar surface area (TPSA) is 58.6 Å². The minimum absolute atomic E-state index is 0.0112. The van der Waals surface area contributed by atoms with Crippen LogP contribution in [0.1, 0.15) is 31.1 Å². The van der Waals surface area contributed by atoms with Crippen molar-refractivity contribution in [3.05, 3.63) is 35.9 Å². The van der Waals surface area contributed by atoms with Crippen molar-refractivity contribution >= 4 is 11.9 Å². The van der Waals surface area contributed by atoms with Gasteiger partial charge in [0.15, 0.2) is 0 Å². The summed E-state index contributed by atoms with van der Waals surface area (Å²) in [7, 11) is 1.43. The van der Waals surface area contributed by atoms with E-state index in [9.17, 15) is 22.8 Å². The van der Waals surface area contributed by atoms with Crippen LogP contribution in [-0.4, -0.2) is 48.3 Å². The zero-order valence-electron chi connectivity index (χ0n) is 14.4. The van der Waals surface area contributed by atoms with Crippen molar-refractivity contribution in [2.45, 2.75) is 45.3 Å². The third kappa shape index (κ3) is 4.12. The fourth-order valence-electron chi connectivity index (χ4n) is 2.83. The van der Waals surface area contributed by atoms with Crippen LogP contribution in [0.3, 0.4) is 0 Å². The van der Waals surface area contributed by atoms with Crippen LogP contribution in [0.2, 0.25) is 0 Å². The molecular weight excluding hydrogens is 337 g/mol. The standard InChI is InChI=1S/C17H21F3N2O3/c1-16(2,3)15-21-11(13(23)22(15)4)12(17(18,19)20)25-14(24)10-8-6-5-7-9-10/h5-9,11-12,15,21H,1-4H3/t11-,12-,15+/m0/s1. The zero-order chi connectivity index (χ0) is 19.0. The summed E-state index contributed by atoms with van der Waals surface area (Å²) in [4.78, 5) is 25.6. The molecule has 3 atom stereocenters. The summed E-state index contributed by atoms with van der Waals surface area (Å²) in [5, 5.41) is 2.67. The molecule has 1 fully saturated rings. The number of nitrogens with zero attached hydrogens (tertiary/aromatic N) is 1. The molecule has 0 aromatic heterocycles. The molecule has 1 aromatic rings. The molecule has 138 valence electrons. The first-order valence-corrected chi connectivity index (χ1v) is 7.78. The van der Waals surface area contributed by atoms with Crippen LogP contribution in [0.15, 0.2) is 30.3 Å². The largest absolute Gasteiger partial charge is 0.447 e. The lowest BCUT2D eigenvalue weighted by atomic mass is 9.92. The summed E-state index contributed by atoms with van der Waals surface area (Å²) >= 11 is 0. The Kier molecular flexibility index (Phi) is 5.13. The normalized spacial score (nSPS) is 22.8. The van der Waals surface area contributed by atoms with Crippen molar-refractivity contribution in [2.24, 2.45) is 5.41 Å². The van der Waals surface area contributed by atoms with Gasteiger partial charge >= 0.3 is 12.1 Å². The summed E-state index contributed by atoms with van der Waals surface area (Å²) in [5.74, 6) is -1.89. The molecular formula is C17H21F3N2O3. The lowest BCUT2D eigenvalue weighted by Crippen LogP contribution is -2.53. The molecule has 0 spiro atoms. The Balaban J connectivity index is 2.27. The Labute approximate surface area is 144 Å². The van der Waals surface area contributed by atoms with Crippen LogP contribution in [0.5, 0.6) is 0 Å². The molecule has 1 amide bonds. The highest BCUT2D eigenvalue weighted by Crippen LogP contribution is 2.33. The average Bonchev–Trinajstić information content (AvgIpc) is 2.80. The van der Waals surface area contributed by atoms with Crippen LogP contribution >= 0.6 is 0 Å². The lowest BCUT2D eigenvalue weighted by molar-refractivity contribution is -0.211. The maximum Gasteiger partial charge on any atom is 0.427 e. The second-order valence-corrected chi connectivity index (χ2v) is 7.10. The number of alkyl halides is 3. The monoisotopic (exact) mass is 358 g/mol. The second kappa shape index (κ2) is 6.67. The molecule has 2 rings (SSSR count). The third-order valence-electron chi connectivity index (χ3n) is 4.03. The van der Waals surface area contributed by atoms with Gasteiger partial charge in [-0.25, -0.2) is 4.79 Å². The number of hydrogen-bond acceptors (Lipinski definition) is 4. The van der Waals surface area contributed by atoms with Crippen LogP contribution in [0, 0.1) is 5.41 Å². The van der Waals surface area contributed by atoms with Crippen LogP contribution < -0.4 is 5.32 Å². The van der Waals surface area contributed by atoms with Gasteiger partial charge in [0.25, 0.3) is 0 Å². The number of nitrogens with one attached hydrogen (secondary N) is 1. The predicted molar refractivity (Wildman–Crippen MR) is 84.6 cm³/mol. The number of esters is 1. The van der Waals surface area contributed by atoms with Gasteiger partial charge in [-0.05, 0) is 17.5 Å². The van der Waals surface area contributed by atoms with Gasteiger partial charge in [-0.3, -0.25) is 10.1 Å². The highest BCUT2D eigenvalue weighted by atomic mass is 19.4. The van der Waals surface area contributed by atoms with E-state index in [0.717, 1.165) is 0 Å². The van der Waals surface area contributed by atoms with Gasteiger partial charge < -0.3 is 9.64 Å². The van der Waals surface area contributed by atoms with E-state index in [-0.39, 0.29) is 5.56 Å². The van der Waals surface area contributed by atoms with Gasteiger partial charge in [-0.2, -0.15) is 13.2 Å². The highest BCUT2D eigenvalue weighted by Gasteiger charge is 2.56. The van der Waals surface area contributed by atoms with Crippen LogP contribution in [0.4, 0.5) is 13.2 Å². The molecule has 1 aromatic carbocycles. The molecule has 1 N–H and O–H groups in total. The van der Waals surface area contributed by atoms with E-state index in [1.807, 2.05) is 0 Å². The summed E-state index contributed by atoms with van der Waals surface area (Å²) in [6.07, 6.45) is -8.06. The number of ether oxygens (including phenoxy) is 1. The smallest absolute Gasteiger partial charge is 0.427 e. The molecule has 1 aliphatic heterocycles. The van der Waals surface area contributed by atoms with Gasteiger partial charge in [0.1, 0.15) is 6.04 Å². The summed E-state index contributed by atoms with van der Waals surface area (Å²) < 4.78 is 45.1. The van der Waals surface area contributed by atoms with Crippen LogP contribution in [-0.2, 0) is 9.53 Å². The molecule has 0 saturated carbocycles. The first kappa shape index (κ1) is 19.2. The van der Waals surface area contributed by atoms with Gasteiger partial charge in [0.05, 0.1) is 11.7 Å².